The molecule has 0 saturated heterocycles. The fourth-order valence-electron chi connectivity index (χ4n) is 2.62. The van der Waals surface area contributed by atoms with Crippen LogP contribution in [0.5, 0.6) is 0 Å². The number of aromatic nitrogens is 2. The molecule has 0 fully saturated rings. The summed E-state index contributed by atoms with van der Waals surface area (Å²) in [6.07, 6.45) is 0. The Bertz CT molecular complexity index is 840. The first-order chi connectivity index (χ1) is 10.9. The van der Waals surface area contributed by atoms with Crippen molar-refractivity contribution in [2.45, 2.75) is 33.2 Å². The minimum absolute atomic E-state index is 0.0291. The summed E-state index contributed by atoms with van der Waals surface area (Å²) >= 11 is 1.68. The van der Waals surface area contributed by atoms with Gasteiger partial charge in [0.1, 0.15) is 16.5 Å². The standard InChI is InChI=1S/C18H21N3OS/c1-11-14(13-8-6-5-7-9-13)15-16(21-18(3,4)10-22)19-12(2)20-17(15)23-11/h5-9,22H,10H2,1-4H3,(H,19,20,21). The third-order valence-electron chi connectivity index (χ3n) is 3.75. The quantitative estimate of drug-likeness (QED) is 0.755. The molecule has 0 unspecified atom stereocenters. The fraction of sp³-hybridized carbons (Fsp3) is 0.333. The number of aliphatic hydroxyl groups excluding tert-OH is 1. The Hall–Kier alpha value is -1.98. The number of fused-ring (bicyclic) bond motifs is 1. The second-order valence-corrected chi connectivity index (χ2v) is 7.57. The smallest absolute Gasteiger partial charge is 0.139 e. The maximum atomic E-state index is 9.58. The van der Waals surface area contributed by atoms with Crippen molar-refractivity contribution in [2.75, 3.05) is 11.9 Å². The van der Waals surface area contributed by atoms with Crippen LogP contribution >= 0.6 is 11.3 Å². The molecule has 0 spiro atoms. The first kappa shape index (κ1) is 15.9. The highest BCUT2D eigenvalue weighted by molar-refractivity contribution is 7.19. The number of hydrogen-bond donors (Lipinski definition) is 2. The van der Waals surface area contributed by atoms with Crippen LogP contribution in [0.15, 0.2) is 30.3 Å². The molecule has 0 saturated carbocycles. The van der Waals surface area contributed by atoms with E-state index in [-0.39, 0.29) is 6.61 Å². The zero-order valence-corrected chi connectivity index (χ0v) is 14.7. The van der Waals surface area contributed by atoms with E-state index < -0.39 is 5.54 Å². The predicted molar refractivity (Wildman–Crippen MR) is 97.1 cm³/mol. The van der Waals surface area contributed by atoms with Gasteiger partial charge in [0.15, 0.2) is 0 Å². The van der Waals surface area contributed by atoms with Gasteiger partial charge >= 0.3 is 0 Å². The van der Waals surface area contributed by atoms with Crippen molar-refractivity contribution in [2.24, 2.45) is 0 Å². The molecule has 0 radical (unpaired) electrons. The molecule has 23 heavy (non-hydrogen) atoms. The summed E-state index contributed by atoms with van der Waals surface area (Å²) in [5.74, 6) is 1.52. The van der Waals surface area contributed by atoms with Gasteiger partial charge in [-0.1, -0.05) is 30.3 Å². The minimum atomic E-state index is -0.447. The van der Waals surface area contributed by atoms with E-state index in [1.165, 1.54) is 10.4 Å². The Labute approximate surface area is 140 Å². The van der Waals surface area contributed by atoms with Crippen molar-refractivity contribution in [1.82, 2.24) is 9.97 Å². The number of anilines is 1. The first-order valence-corrected chi connectivity index (χ1v) is 8.45. The van der Waals surface area contributed by atoms with Gasteiger partial charge in [-0.05, 0) is 33.3 Å². The van der Waals surface area contributed by atoms with Crippen molar-refractivity contribution < 1.29 is 5.11 Å². The van der Waals surface area contributed by atoms with Gasteiger partial charge in [0.25, 0.3) is 0 Å². The highest BCUT2D eigenvalue weighted by Crippen LogP contribution is 2.41. The molecule has 4 nitrogen and oxygen atoms in total. The summed E-state index contributed by atoms with van der Waals surface area (Å²) in [5, 5.41) is 14.0. The van der Waals surface area contributed by atoms with Crippen LogP contribution in [-0.2, 0) is 0 Å². The topological polar surface area (TPSA) is 58.0 Å². The fourth-order valence-corrected chi connectivity index (χ4v) is 3.71. The van der Waals surface area contributed by atoms with E-state index in [0.29, 0.717) is 0 Å². The number of benzene rings is 1. The van der Waals surface area contributed by atoms with Crippen LogP contribution in [-0.4, -0.2) is 27.2 Å². The second kappa shape index (κ2) is 5.91. The number of thiophene rings is 1. The van der Waals surface area contributed by atoms with Gasteiger partial charge in [-0.3, -0.25) is 0 Å². The maximum Gasteiger partial charge on any atom is 0.139 e. The van der Waals surface area contributed by atoms with Gasteiger partial charge in [-0.15, -0.1) is 11.3 Å². The zero-order chi connectivity index (χ0) is 16.6. The number of hydrogen-bond acceptors (Lipinski definition) is 5. The molecule has 0 bridgehead atoms. The van der Waals surface area contributed by atoms with E-state index in [1.807, 2.05) is 39.0 Å². The first-order valence-electron chi connectivity index (χ1n) is 7.63. The van der Waals surface area contributed by atoms with Crippen LogP contribution < -0.4 is 5.32 Å². The monoisotopic (exact) mass is 327 g/mol. The van der Waals surface area contributed by atoms with Gasteiger partial charge < -0.3 is 10.4 Å². The van der Waals surface area contributed by atoms with E-state index in [4.69, 9.17) is 0 Å². The van der Waals surface area contributed by atoms with E-state index >= 15 is 0 Å². The van der Waals surface area contributed by atoms with Crippen LogP contribution in [0, 0.1) is 13.8 Å². The number of aryl methyl sites for hydroxylation is 2. The number of nitrogens with zero attached hydrogens (tertiary/aromatic N) is 2. The summed E-state index contributed by atoms with van der Waals surface area (Å²) < 4.78 is 0. The van der Waals surface area contributed by atoms with Crippen LogP contribution in [0.25, 0.3) is 21.3 Å². The van der Waals surface area contributed by atoms with Crippen molar-refractivity contribution in [3.05, 3.63) is 41.0 Å². The molecule has 2 aromatic heterocycles. The molecular weight excluding hydrogens is 306 g/mol. The Morgan fingerprint density at radius 3 is 2.48 bits per heavy atom. The van der Waals surface area contributed by atoms with Crippen LogP contribution in [0.1, 0.15) is 24.5 Å². The number of aliphatic hydroxyl groups is 1. The summed E-state index contributed by atoms with van der Waals surface area (Å²) in [6.45, 7) is 7.95. The lowest BCUT2D eigenvalue weighted by Crippen LogP contribution is -2.35. The predicted octanol–water partition coefficient (Wildman–Crippen LogP) is 4.16. The average Bonchev–Trinajstić information content (AvgIpc) is 2.83. The molecule has 0 aliphatic rings. The molecule has 0 atom stereocenters. The third-order valence-corrected chi connectivity index (χ3v) is 4.75. The third kappa shape index (κ3) is 3.07. The van der Waals surface area contributed by atoms with Crippen molar-refractivity contribution in [1.29, 1.82) is 0 Å². The molecule has 0 aliphatic heterocycles. The number of nitrogens with one attached hydrogen (secondary N) is 1. The molecule has 2 heterocycles. The van der Waals surface area contributed by atoms with Gasteiger partial charge in [-0.2, -0.15) is 0 Å². The number of rotatable bonds is 4. The Morgan fingerprint density at radius 2 is 1.83 bits per heavy atom. The normalized spacial score (nSPS) is 11.9. The SMILES string of the molecule is Cc1nc(NC(C)(C)CO)c2c(-c3ccccc3)c(C)sc2n1. The highest BCUT2D eigenvalue weighted by Gasteiger charge is 2.22. The molecule has 1 aromatic carbocycles. The molecule has 3 aromatic rings. The Balaban J connectivity index is 2.27. The average molecular weight is 327 g/mol. The van der Waals surface area contributed by atoms with Gasteiger partial charge in [0, 0.05) is 10.4 Å². The van der Waals surface area contributed by atoms with Crippen molar-refractivity contribution in [3.8, 4) is 11.1 Å². The Kier molecular flexibility index (Phi) is 4.08. The summed E-state index contributed by atoms with van der Waals surface area (Å²) in [6, 6.07) is 10.3. The molecule has 5 heteroatoms. The van der Waals surface area contributed by atoms with E-state index in [1.54, 1.807) is 11.3 Å². The molecular formula is C18H21N3OS. The van der Waals surface area contributed by atoms with Gasteiger partial charge in [0.05, 0.1) is 17.5 Å². The zero-order valence-electron chi connectivity index (χ0n) is 13.8. The van der Waals surface area contributed by atoms with Gasteiger partial charge in [-0.25, -0.2) is 9.97 Å². The molecule has 3 rings (SSSR count). The van der Waals surface area contributed by atoms with Crippen molar-refractivity contribution in [3.63, 3.8) is 0 Å². The lowest BCUT2D eigenvalue weighted by molar-refractivity contribution is 0.234. The van der Waals surface area contributed by atoms with Crippen LogP contribution in [0.2, 0.25) is 0 Å². The largest absolute Gasteiger partial charge is 0.394 e. The van der Waals surface area contributed by atoms with Crippen LogP contribution in [0.4, 0.5) is 5.82 Å². The van der Waals surface area contributed by atoms with E-state index in [2.05, 4.69) is 34.3 Å². The van der Waals surface area contributed by atoms with Gasteiger partial charge in [0.2, 0.25) is 0 Å². The summed E-state index contributed by atoms with van der Waals surface area (Å²) in [7, 11) is 0. The molecule has 120 valence electrons. The molecule has 0 aliphatic carbocycles. The second-order valence-electron chi connectivity index (χ2n) is 6.37. The lowest BCUT2D eigenvalue weighted by atomic mass is 10.0. The lowest BCUT2D eigenvalue weighted by Gasteiger charge is -2.25. The van der Waals surface area contributed by atoms with E-state index in [9.17, 15) is 5.11 Å². The molecule has 0 amide bonds. The maximum absolute atomic E-state index is 9.58. The highest BCUT2D eigenvalue weighted by atomic mass is 32.1. The molecule has 2 N–H and O–H groups in total. The minimum Gasteiger partial charge on any atom is -0.394 e. The van der Waals surface area contributed by atoms with E-state index in [0.717, 1.165) is 27.4 Å². The van der Waals surface area contributed by atoms with Crippen LogP contribution in [0.3, 0.4) is 0 Å². The summed E-state index contributed by atoms with van der Waals surface area (Å²) in [4.78, 5) is 11.4. The van der Waals surface area contributed by atoms with Crippen molar-refractivity contribution >= 4 is 27.4 Å². The summed E-state index contributed by atoms with van der Waals surface area (Å²) in [5.41, 5.74) is 1.88. The Morgan fingerprint density at radius 1 is 1.13 bits per heavy atom.